The predicted octanol–water partition coefficient (Wildman–Crippen LogP) is 4.33. The molecule has 3 aromatic carbocycles. The number of methoxy groups -OCH3 is 1. The van der Waals surface area contributed by atoms with Crippen LogP contribution < -0.4 is 10.1 Å². The maximum Gasteiger partial charge on any atom is 0.220 e. The molecule has 1 heterocycles. The molecule has 0 saturated heterocycles. The van der Waals surface area contributed by atoms with Crippen LogP contribution >= 0.6 is 0 Å². The summed E-state index contributed by atoms with van der Waals surface area (Å²) in [6, 6.07) is 26.1. The van der Waals surface area contributed by atoms with E-state index in [2.05, 4.69) is 28.1 Å². The molecule has 0 atom stereocenters. The van der Waals surface area contributed by atoms with Crippen molar-refractivity contribution in [2.45, 2.75) is 19.3 Å². The normalized spacial score (nSPS) is 10.8. The number of aryl methyl sites for hydroxylation is 1. The Morgan fingerprint density at radius 1 is 0.933 bits per heavy atom. The molecule has 0 radical (unpaired) electrons. The SMILES string of the molecule is COc1ccccc1CCNC(=O)CCc1nc2ccccc2n1-c1ccccc1. The number of amides is 1. The molecule has 152 valence electrons. The molecule has 0 aliphatic heterocycles. The lowest BCUT2D eigenvalue weighted by molar-refractivity contribution is -0.121. The van der Waals surface area contributed by atoms with Crippen molar-refractivity contribution in [2.24, 2.45) is 0 Å². The number of carbonyl (C=O) groups excluding carboxylic acids is 1. The topological polar surface area (TPSA) is 56.1 Å². The van der Waals surface area contributed by atoms with Gasteiger partial charge in [0.25, 0.3) is 0 Å². The Balaban J connectivity index is 1.42. The average molecular weight is 399 g/mol. The van der Waals surface area contributed by atoms with Gasteiger partial charge in [-0.1, -0.05) is 48.5 Å². The monoisotopic (exact) mass is 399 g/mol. The lowest BCUT2D eigenvalue weighted by Crippen LogP contribution is -2.26. The van der Waals surface area contributed by atoms with Crippen LogP contribution in [0.4, 0.5) is 0 Å². The first-order valence-corrected chi connectivity index (χ1v) is 10.2. The van der Waals surface area contributed by atoms with Crippen molar-refractivity contribution in [2.75, 3.05) is 13.7 Å². The Kier molecular flexibility index (Phi) is 6.09. The van der Waals surface area contributed by atoms with Crippen molar-refractivity contribution in [1.82, 2.24) is 14.9 Å². The Labute approximate surface area is 176 Å². The van der Waals surface area contributed by atoms with Crippen LogP contribution in [0.2, 0.25) is 0 Å². The molecule has 0 fully saturated rings. The minimum Gasteiger partial charge on any atom is -0.496 e. The summed E-state index contributed by atoms with van der Waals surface area (Å²) in [7, 11) is 1.66. The number of carbonyl (C=O) groups is 1. The highest BCUT2D eigenvalue weighted by atomic mass is 16.5. The highest BCUT2D eigenvalue weighted by Gasteiger charge is 2.13. The summed E-state index contributed by atoms with van der Waals surface area (Å²) in [4.78, 5) is 17.2. The Bertz CT molecular complexity index is 1140. The Morgan fingerprint density at radius 2 is 1.67 bits per heavy atom. The van der Waals surface area contributed by atoms with Crippen LogP contribution in [0, 0.1) is 0 Å². The largest absolute Gasteiger partial charge is 0.496 e. The van der Waals surface area contributed by atoms with Crippen LogP contribution in [0.25, 0.3) is 16.7 Å². The van der Waals surface area contributed by atoms with Crippen LogP contribution in [-0.4, -0.2) is 29.1 Å². The molecule has 0 aliphatic rings. The first-order chi connectivity index (χ1) is 14.8. The number of fused-ring (bicyclic) bond motifs is 1. The molecule has 0 unspecified atom stereocenters. The van der Waals surface area contributed by atoms with Crippen molar-refractivity contribution in [3.05, 3.63) is 90.3 Å². The number of nitrogens with zero attached hydrogens (tertiary/aromatic N) is 2. The number of ether oxygens (including phenoxy) is 1. The van der Waals surface area contributed by atoms with E-state index in [9.17, 15) is 4.79 Å². The van der Waals surface area contributed by atoms with Gasteiger partial charge >= 0.3 is 0 Å². The summed E-state index contributed by atoms with van der Waals surface area (Å²) < 4.78 is 7.50. The number of para-hydroxylation sites is 4. The number of rotatable bonds is 8. The Morgan fingerprint density at radius 3 is 2.50 bits per heavy atom. The van der Waals surface area contributed by atoms with Gasteiger partial charge < -0.3 is 10.1 Å². The zero-order valence-corrected chi connectivity index (χ0v) is 17.0. The number of benzene rings is 3. The summed E-state index contributed by atoms with van der Waals surface area (Å²) in [5, 5.41) is 3.01. The molecule has 0 aliphatic carbocycles. The first kappa shape index (κ1) is 19.7. The second-order valence-electron chi connectivity index (χ2n) is 7.10. The average Bonchev–Trinajstić information content (AvgIpc) is 3.17. The molecule has 1 amide bonds. The van der Waals surface area contributed by atoms with Gasteiger partial charge in [-0.05, 0) is 42.3 Å². The fraction of sp³-hybridized carbons (Fsp3) is 0.200. The number of nitrogens with one attached hydrogen (secondary N) is 1. The van der Waals surface area contributed by atoms with Crippen molar-refractivity contribution < 1.29 is 9.53 Å². The van der Waals surface area contributed by atoms with Gasteiger partial charge in [0.2, 0.25) is 5.91 Å². The summed E-state index contributed by atoms with van der Waals surface area (Å²) in [5.41, 5.74) is 4.13. The smallest absolute Gasteiger partial charge is 0.220 e. The van der Waals surface area contributed by atoms with Gasteiger partial charge in [0.1, 0.15) is 11.6 Å². The van der Waals surface area contributed by atoms with Gasteiger partial charge in [0, 0.05) is 25.1 Å². The van der Waals surface area contributed by atoms with E-state index < -0.39 is 0 Å². The maximum atomic E-state index is 12.4. The van der Waals surface area contributed by atoms with E-state index in [0.717, 1.165) is 40.3 Å². The van der Waals surface area contributed by atoms with Crippen LogP contribution in [0.5, 0.6) is 5.75 Å². The fourth-order valence-corrected chi connectivity index (χ4v) is 3.67. The summed E-state index contributed by atoms with van der Waals surface area (Å²) in [6.45, 7) is 0.578. The molecule has 0 bridgehead atoms. The molecule has 5 nitrogen and oxygen atoms in total. The van der Waals surface area contributed by atoms with Crippen LogP contribution in [-0.2, 0) is 17.6 Å². The lowest BCUT2D eigenvalue weighted by atomic mass is 10.1. The highest BCUT2D eigenvalue weighted by Crippen LogP contribution is 2.22. The quantitative estimate of drug-likeness (QED) is 0.480. The molecular weight excluding hydrogens is 374 g/mol. The molecule has 4 rings (SSSR count). The lowest BCUT2D eigenvalue weighted by Gasteiger charge is -2.10. The third-order valence-electron chi connectivity index (χ3n) is 5.13. The molecule has 30 heavy (non-hydrogen) atoms. The third-order valence-corrected chi connectivity index (χ3v) is 5.13. The molecule has 0 spiro atoms. The number of imidazole rings is 1. The van der Waals surface area contributed by atoms with E-state index in [1.54, 1.807) is 7.11 Å². The molecule has 1 aromatic heterocycles. The van der Waals surface area contributed by atoms with E-state index >= 15 is 0 Å². The van der Waals surface area contributed by atoms with Gasteiger partial charge in [-0.3, -0.25) is 9.36 Å². The standard InChI is InChI=1S/C25H25N3O2/c1-30-23-14-8-5-9-19(23)17-18-26-25(29)16-15-24-27-21-12-6-7-13-22(21)28(24)20-10-3-2-4-11-20/h2-14H,15-18H2,1H3,(H,26,29). The number of aromatic nitrogens is 2. The second kappa shape index (κ2) is 9.27. The number of hydrogen-bond acceptors (Lipinski definition) is 3. The number of hydrogen-bond donors (Lipinski definition) is 1. The van der Waals surface area contributed by atoms with Gasteiger partial charge in [0.15, 0.2) is 0 Å². The third kappa shape index (κ3) is 4.35. The maximum absolute atomic E-state index is 12.4. The second-order valence-corrected chi connectivity index (χ2v) is 7.10. The van der Waals surface area contributed by atoms with Gasteiger partial charge in [-0.2, -0.15) is 0 Å². The van der Waals surface area contributed by atoms with E-state index in [1.807, 2.05) is 60.7 Å². The van der Waals surface area contributed by atoms with E-state index in [1.165, 1.54) is 0 Å². The molecule has 5 heteroatoms. The molecule has 4 aromatic rings. The van der Waals surface area contributed by atoms with Gasteiger partial charge in [-0.15, -0.1) is 0 Å². The first-order valence-electron chi connectivity index (χ1n) is 10.2. The minimum atomic E-state index is 0.0246. The summed E-state index contributed by atoms with van der Waals surface area (Å²) in [5.74, 6) is 1.77. The van der Waals surface area contributed by atoms with E-state index in [4.69, 9.17) is 9.72 Å². The summed E-state index contributed by atoms with van der Waals surface area (Å²) in [6.07, 6.45) is 1.70. The van der Waals surface area contributed by atoms with E-state index in [-0.39, 0.29) is 5.91 Å². The summed E-state index contributed by atoms with van der Waals surface area (Å²) >= 11 is 0. The molecule has 0 saturated carbocycles. The van der Waals surface area contributed by atoms with Gasteiger partial charge in [-0.25, -0.2) is 4.98 Å². The fourth-order valence-electron chi connectivity index (χ4n) is 3.67. The minimum absolute atomic E-state index is 0.0246. The van der Waals surface area contributed by atoms with Crippen molar-refractivity contribution in [3.8, 4) is 11.4 Å². The molecule has 1 N–H and O–H groups in total. The molecular formula is C25H25N3O2. The Hall–Kier alpha value is -3.60. The highest BCUT2D eigenvalue weighted by molar-refractivity contribution is 5.79. The van der Waals surface area contributed by atoms with Crippen molar-refractivity contribution in [1.29, 1.82) is 0 Å². The van der Waals surface area contributed by atoms with Crippen LogP contribution in [0.1, 0.15) is 17.8 Å². The zero-order valence-electron chi connectivity index (χ0n) is 17.0. The van der Waals surface area contributed by atoms with Crippen molar-refractivity contribution in [3.63, 3.8) is 0 Å². The van der Waals surface area contributed by atoms with E-state index in [0.29, 0.717) is 19.4 Å². The van der Waals surface area contributed by atoms with Gasteiger partial charge in [0.05, 0.1) is 18.1 Å². The zero-order chi connectivity index (χ0) is 20.8. The van der Waals surface area contributed by atoms with Crippen molar-refractivity contribution >= 4 is 16.9 Å². The van der Waals surface area contributed by atoms with Crippen LogP contribution in [0.15, 0.2) is 78.9 Å². The predicted molar refractivity (Wildman–Crippen MR) is 119 cm³/mol. The van der Waals surface area contributed by atoms with Crippen LogP contribution in [0.3, 0.4) is 0 Å².